The van der Waals surface area contributed by atoms with Crippen LogP contribution in [0.4, 0.5) is 27.5 Å². The average Bonchev–Trinajstić information content (AvgIpc) is 2.87. The monoisotopic (exact) mass is 333 g/mol. The van der Waals surface area contributed by atoms with Crippen LogP contribution in [0, 0.1) is 19.7 Å². The molecule has 0 atom stereocenters. The molecule has 0 unspecified atom stereocenters. The fraction of sp³-hybridized carbons (Fsp3) is 0.133. The average molecular weight is 334 g/mol. The van der Waals surface area contributed by atoms with Crippen molar-refractivity contribution in [3.8, 4) is 0 Å². The van der Waals surface area contributed by atoms with Gasteiger partial charge in [0.2, 0.25) is 0 Å². The van der Waals surface area contributed by atoms with Crippen LogP contribution >= 0.6 is 11.6 Å². The molecule has 3 aromatic rings. The molecule has 0 amide bonds. The highest BCUT2D eigenvalue weighted by Crippen LogP contribution is 2.23. The van der Waals surface area contributed by atoms with Crippen LogP contribution in [-0.2, 0) is 0 Å². The normalized spacial score (nSPS) is 10.6. The third-order valence-electron chi connectivity index (χ3n) is 2.91. The van der Waals surface area contributed by atoms with Gasteiger partial charge in [-0.1, -0.05) is 16.8 Å². The minimum atomic E-state index is -0.472. The minimum Gasteiger partial charge on any atom is -0.360 e. The molecule has 2 aromatic heterocycles. The predicted octanol–water partition coefficient (Wildman–Crippen LogP) is 4.36. The van der Waals surface area contributed by atoms with Crippen LogP contribution in [0.1, 0.15) is 11.6 Å². The molecule has 0 aliphatic heterocycles. The molecule has 118 valence electrons. The SMILES string of the molecule is Cc1nc(Nc2ccc(F)c(Cl)c2)cc(Nc2cc(C)on2)n1. The van der Waals surface area contributed by atoms with Gasteiger partial charge in [-0.05, 0) is 32.0 Å². The van der Waals surface area contributed by atoms with E-state index in [0.717, 1.165) is 0 Å². The molecule has 6 nitrogen and oxygen atoms in total. The number of nitrogens with one attached hydrogen (secondary N) is 2. The summed E-state index contributed by atoms with van der Waals surface area (Å²) in [5.74, 6) is 2.43. The van der Waals surface area contributed by atoms with E-state index in [2.05, 4.69) is 25.8 Å². The van der Waals surface area contributed by atoms with E-state index in [1.54, 1.807) is 32.0 Å². The Bertz CT molecular complexity index is 852. The summed E-state index contributed by atoms with van der Waals surface area (Å²) in [4.78, 5) is 8.57. The van der Waals surface area contributed by atoms with Crippen molar-refractivity contribution >= 4 is 34.7 Å². The van der Waals surface area contributed by atoms with Crippen molar-refractivity contribution in [3.63, 3.8) is 0 Å². The Morgan fingerprint density at radius 2 is 1.74 bits per heavy atom. The van der Waals surface area contributed by atoms with Crippen molar-refractivity contribution in [1.29, 1.82) is 0 Å². The maximum atomic E-state index is 13.2. The third-order valence-corrected chi connectivity index (χ3v) is 3.20. The summed E-state index contributed by atoms with van der Waals surface area (Å²) in [6.45, 7) is 3.57. The highest BCUT2D eigenvalue weighted by atomic mass is 35.5. The number of hydrogen-bond donors (Lipinski definition) is 2. The Hall–Kier alpha value is -2.67. The lowest BCUT2D eigenvalue weighted by molar-refractivity contribution is 0.400. The van der Waals surface area contributed by atoms with E-state index < -0.39 is 5.82 Å². The molecule has 1 aromatic carbocycles. The molecule has 3 rings (SSSR count). The van der Waals surface area contributed by atoms with E-state index in [9.17, 15) is 4.39 Å². The van der Waals surface area contributed by atoms with E-state index in [0.29, 0.717) is 34.7 Å². The molecular weight excluding hydrogens is 321 g/mol. The van der Waals surface area contributed by atoms with Crippen molar-refractivity contribution in [2.45, 2.75) is 13.8 Å². The first kappa shape index (κ1) is 15.2. The first-order chi connectivity index (χ1) is 11.0. The minimum absolute atomic E-state index is 0.0391. The van der Waals surface area contributed by atoms with E-state index in [1.165, 1.54) is 12.1 Å². The van der Waals surface area contributed by atoms with Crippen molar-refractivity contribution in [2.75, 3.05) is 10.6 Å². The van der Waals surface area contributed by atoms with Crippen LogP contribution in [0.5, 0.6) is 0 Å². The van der Waals surface area contributed by atoms with Gasteiger partial charge in [0.05, 0.1) is 5.02 Å². The molecule has 0 saturated heterocycles. The quantitative estimate of drug-likeness (QED) is 0.738. The number of anilines is 4. The van der Waals surface area contributed by atoms with Gasteiger partial charge in [-0.15, -0.1) is 0 Å². The number of rotatable bonds is 4. The van der Waals surface area contributed by atoms with Crippen molar-refractivity contribution in [3.05, 3.63) is 52.8 Å². The van der Waals surface area contributed by atoms with Gasteiger partial charge in [-0.3, -0.25) is 0 Å². The van der Waals surface area contributed by atoms with Gasteiger partial charge >= 0.3 is 0 Å². The second-order valence-corrected chi connectivity index (χ2v) is 5.29. The molecule has 23 heavy (non-hydrogen) atoms. The summed E-state index contributed by atoms with van der Waals surface area (Å²) in [5, 5.41) is 9.98. The van der Waals surface area contributed by atoms with Crippen LogP contribution in [0.3, 0.4) is 0 Å². The largest absolute Gasteiger partial charge is 0.360 e. The molecular formula is C15H13ClFN5O. The van der Waals surface area contributed by atoms with Crippen LogP contribution in [-0.4, -0.2) is 15.1 Å². The highest BCUT2D eigenvalue weighted by Gasteiger charge is 2.07. The first-order valence-corrected chi connectivity index (χ1v) is 7.15. The molecule has 8 heteroatoms. The summed E-state index contributed by atoms with van der Waals surface area (Å²) >= 11 is 5.77. The molecule has 0 aliphatic rings. The lowest BCUT2D eigenvalue weighted by Gasteiger charge is -2.09. The smallest absolute Gasteiger partial charge is 0.175 e. The molecule has 0 saturated carbocycles. The maximum Gasteiger partial charge on any atom is 0.175 e. The van der Waals surface area contributed by atoms with Gasteiger partial charge in [0.1, 0.15) is 29.0 Å². The summed E-state index contributed by atoms with van der Waals surface area (Å²) in [6.07, 6.45) is 0. The Morgan fingerprint density at radius 3 is 2.39 bits per heavy atom. The Morgan fingerprint density at radius 1 is 1.00 bits per heavy atom. The maximum absolute atomic E-state index is 13.2. The molecule has 0 aliphatic carbocycles. The van der Waals surface area contributed by atoms with Crippen LogP contribution in [0.25, 0.3) is 0 Å². The van der Waals surface area contributed by atoms with Gasteiger partial charge in [0, 0.05) is 17.8 Å². The second kappa shape index (κ2) is 6.21. The van der Waals surface area contributed by atoms with E-state index in [-0.39, 0.29) is 5.02 Å². The fourth-order valence-electron chi connectivity index (χ4n) is 1.97. The van der Waals surface area contributed by atoms with Crippen molar-refractivity contribution < 1.29 is 8.91 Å². The molecule has 0 spiro atoms. The Balaban J connectivity index is 1.83. The standard InChI is InChI=1S/C15H13ClFN5O/c1-8-5-15(22-23-8)21-14-7-13(18-9(2)19-14)20-10-3-4-12(17)11(16)6-10/h3-7H,1-2H3,(H2,18,19,20,21,22). The second-order valence-electron chi connectivity index (χ2n) is 4.89. The van der Waals surface area contributed by atoms with Gasteiger partial charge in [0.15, 0.2) is 5.82 Å². The van der Waals surface area contributed by atoms with E-state index in [1.807, 2.05) is 0 Å². The van der Waals surface area contributed by atoms with Crippen molar-refractivity contribution in [2.24, 2.45) is 0 Å². The van der Waals surface area contributed by atoms with Gasteiger partial charge in [0.25, 0.3) is 0 Å². The molecule has 0 bridgehead atoms. The van der Waals surface area contributed by atoms with Crippen LogP contribution in [0.15, 0.2) is 34.9 Å². The number of hydrogen-bond acceptors (Lipinski definition) is 6. The predicted molar refractivity (Wildman–Crippen MR) is 86.0 cm³/mol. The number of benzene rings is 1. The molecule has 2 heterocycles. The molecule has 0 radical (unpaired) electrons. The number of aryl methyl sites for hydroxylation is 2. The Labute approximate surface area is 136 Å². The first-order valence-electron chi connectivity index (χ1n) is 6.78. The number of nitrogens with zero attached hydrogens (tertiary/aromatic N) is 3. The third kappa shape index (κ3) is 3.75. The highest BCUT2D eigenvalue weighted by molar-refractivity contribution is 6.31. The summed E-state index contributed by atoms with van der Waals surface area (Å²) in [5.41, 5.74) is 0.623. The fourth-order valence-corrected chi connectivity index (χ4v) is 2.15. The Kier molecular flexibility index (Phi) is 4.12. The lowest BCUT2D eigenvalue weighted by atomic mass is 10.3. The van der Waals surface area contributed by atoms with E-state index in [4.69, 9.17) is 16.1 Å². The van der Waals surface area contributed by atoms with Crippen LogP contribution in [0.2, 0.25) is 5.02 Å². The zero-order chi connectivity index (χ0) is 16.4. The topological polar surface area (TPSA) is 75.9 Å². The number of halogens is 2. The zero-order valence-corrected chi connectivity index (χ0v) is 13.1. The lowest BCUT2D eigenvalue weighted by Crippen LogP contribution is -2.01. The molecule has 2 N–H and O–H groups in total. The van der Waals surface area contributed by atoms with Gasteiger partial charge in [-0.2, -0.15) is 0 Å². The van der Waals surface area contributed by atoms with Crippen molar-refractivity contribution in [1.82, 2.24) is 15.1 Å². The summed E-state index contributed by atoms with van der Waals surface area (Å²) in [7, 11) is 0. The van der Waals surface area contributed by atoms with Gasteiger partial charge < -0.3 is 15.2 Å². The number of aromatic nitrogens is 3. The van der Waals surface area contributed by atoms with Gasteiger partial charge in [-0.25, -0.2) is 14.4 Å². The van der Waals surface area contributed by atoms with E-state index >= 15 is 0 Å². The molecule has 0 fully saturated rings. The summed E-state index contributed by atoms with van der Waals surface area (Å²) < 4.78 is 18.2. The summed E-state index contributed by atoms with van der Waals surface area (Å²) in [6, 6.07) is 7.81. The van der Waals surface area contributed by atoms with Crippen LogP contribution < -0.4 is 10.6 Å². The zero-order valence-electron chi connectivity index (χ0n) is 12.4.